The number of carbonyl (C=O) groups is 3. The molecule has 1 fully saturated rings. The second-order valence-electron chi connectivity index (χ2n) is 9.03. The molecule has 1 aromatic carbocycles. The highest BCUT2D eigenvalue weighted by Gasteiger charge is 2.46. The van der Waals surface area contributed by atoms with Crippen LogP contribution < -0.4 is 20.1 Å². The van der Waals surface area contributed by atoms with Crippen molar-refractivity contribution in [1.82, 2.24) is 25.3 Å². The fraction of sp³-hybridized carbons (Fsp3) is 0.500. The van der Waals surface area contributed by atoms with E-state index >= 15 is 0 Å². The Hall–Kier alpha value is -3.56. The number of carbonyl (C=O) groups excluding carboxylic acids is 3. The quantitative estimate of drug-likeness (QED) is 0.638. The third kappa shape index (κ3) is 4.32. The van der Waals surface area contributed by atoms with Crippen LogP contribution in [0.1, 0.15) is 59.1 Å². The largest absolute Gasteiger partial charge is 0.497 e. The lowest BCUT2D eigenvalue weighted by atomic mass is 9.95. The third-order valence-corrected chi connectivity index (χ3v) is 6.85. The molecule has 10 nitrogen and oxygen atoms in total. The molecular formula is C24H31N5O5. The summed E-state index contributed by atoms with van der Waals surface area (Å²) >= 11 is 0. The number of rotatable bonds is 7. The number of ether oxygens (including phenoxy) is 2. The Morgan fingerprint density at radius 1 is 1.18 bits per heavy atom. The monoisotopic (exact) mass is 469 g/mol. The maximum Gasteiger partial charge on any atom is 0.272 e. The van der Waals surface area contributed by atoms with Crippen molar-refractivity contribution >= 4 is 17.7 Å². The molecule has 1 aliphatic heterocycles. The van der Waals surface area contributed by atoms with Crippen LogP contribution in [0.15, 0.2) is 24.3 Å². The van der Waals surface area contributed by atoms with Crippen LogP contribution in [0.3, 0.4) is 0 Å². The lowest BCUT2D eigenvalue weighted by Gasteiger charge is -2.41. The molecule has 1 aromatic heterocycles. The van der Waals surface area contributed by atoms with Crippen LogP contribution in [-0.4, -0.2) is 65.2 Å². The van der Waals surface area contributed by atoms with E-state index in [4.69, 9.17) is 9.47 Å². The molecule has 4 rings (SSSR count). The maximum absolute atomic E-state index is 13.1. The summed E-state index contributed by atoms with van der Waals surface area (Å²) in [7, 11) is 4.73. The summed E-state index contributed by atoms with van der Waals surface area (Å²) in [6.45, 7) is 2.11. The zero-order valence-corrected chi connectivity index (χ0v) is 20.0. The van der Waals surface area contributed by atoms with Crippen LogP contribution in [0, 0.1) is 0 Å². The number of nitrogens with one attached hydrogen (secondary N) is 2. The molecule has 1 aliphatic carbocycles. The third-order valence-electron chi connectivity index (χ3n) is 6.85. The zero-order chi connectivity index (χ0) is 24.5. The molecular weight excluding hydrogens is 438 g/mol. The minimum Gasteiger partial charge on any atom is -0.497 e. The van der Waals surface area contributed by atoms with Gasteiger partial charge >= 0.3 is 0 Å². The summed E-state index contributed by atoms with van der Waals surface area (Å²) in [4.78, 5) is 40.4. The van der Waals surface area contributed by atoms with Crippen molar-refractivity contribution in [3.8, 4) is 11.5 Å². The molecule has 2 aliphatic rings. The number of amides is 3. The van der Waals surface area contributed by atoms with Gasteiger partial charge in [-0.2, -0.15) is 5.10 Å². The van der Waals surface area contributed by atoms with Gasteiger partial charge in [0.15, 0.2) is 5.69 Å². The van der Waals surface area contributed by atoms with Gasteiger partial charge in [-0.15, -0.1) is 0 Å². The van der Waals surface area contributed by atoms with Gasteiger partial charge in [-0.05, 0) is 31.9 Å². The molecule has 0 bridgehead atoms. The first-order valence-corrected chi connectivity index (χ1v) is 11.4. The minimum absolute atomic E-state index is 0.115. The first-order valence-electron chi connectivity index (χ1n) is 11.4. The van der Waals surface area contributed by atoms with Crippen LogP contribution in [0.5, 0.6) is 11.5 Å². The summed E-state index contributed by atoms with van der Waals surface area (Å²) < 4.78 is 12.0. The van der Waals surface area contributed by atoms with Gasteiger partial charge in [-0.3, -0.25) is 19.1 Å². The van der Waals surface area contributed by atoms with Crippen molar-refractivity contribution in [2.45, 2.75) is 57.3 Å². The van der Waals surface area contributed by atoms with Gasteiger partial charge in [0.25, 0.3) is 11.8 Å². The molecule has 34 heavy (non-hydrogen) atoms. The number of likely N-dealkylation sites (N-methyl/N-ethyl adjacent to an activating group) is 1. The van der Waals surface area contributed by atoms with Crippen molar-refractivity contribution in [2.75, 3.05) is 21.3 Å². The summed E-state index contributed by atoms with van der Waals surface area (Å²) in [5.41, 5.74) is 0.0706. The van der Waals surface area contributed by atoms with E-state index in [-0.39, 0.29) is 42.3 Å². The van der Waals surface area contributed by atoms with E-state index in [0.717, 1.165) is 31.2 Å². The summed E-state index contributed by atoms with van der Waals surface area (Å²) in [5.74, 6) is 0.265. The van der Waals surface area contributed by atoms with Gasteiger partial charge in [0.2, 0.25) is 5.91 Å². The molecule has 0 saturated heterocycles. The van der Waals surface area contributed by atoms with Gasteiger partial charge in [0.05, 0.1) is 20.8 Å². The number of nitrogens with zero attached hydrogens (tertiary/aromatic N) is 3. The van der Waals surface area contributed by atoms with Crippen LogP contribution in [0.2, 0.25) is 0 Å². The topological polar surface area (TPSA) is 115 Å². The Kier molecular flexibility index (Phi) is 6.49. The fourth-order valence-corrected chi connectivity index (χ4v) is 4.51. The number of methoxy groups -OCH3 is 2. The lowest BCUT2D eigenvalue weighted by molar-refractivity contribution is -0.133. The average molecular weight is 470 g/mol. The van der Waals surface area contributed by atoms with Crippen molar-refractivity contribution in [3.63, 3.8) is 0 Å². The van der Waals surface area contributed by atoms with Gasteiger partial charge in [0, 0.05) is 37.3 Å². The number of fused-ring (bicyclic) bond motifs is 1. The molecule has 0 spiro atoms. The lowest BCUT2D eigenvalue weighted by Crippen LogP contribution is -2.63. The van der Waals surface area contributed by atoms with E-state index in [9.17, 15) is 14.4 Å². The second kappa shape index (κ2) is 9.36. The smallest absolute Gasteiger partial charge is 0.272 e. The molecule has 0 radical (unpaired) electrons. The normalized spacial score (nSPS) is 20.1. The maximum atomic E-state index is 13.1. The van der Waals surface area contributed by atoms with Crippen molar-refractivity contribution in [2.24, 2.45) is 0 Å². The zero-order valence-electron chi connectivity index (χ0n) is 20.0. The van der Waals surface area contributed by atoms with Gasteiger partial charge < -0.3 is 25.0 Å². The molecule has 10 heteroatoms. The van der Waals surface area contributed by atoms with Gasteiger partial charge in [-0.1, -0.05) is 12.8 Å². The van der Waals surface area contributed by atoms with Crippen molar-refractivity contribution in [3.05, 3.63) is 41.2 Å². The molecule has 0 unspecified atom stereocenters. The van der Waals surface area contributed by atoms with E-state index in [1.165, 1.54) is 15.6 Å². The number of hydrogen-bond acceptors (Lipinski definition) is 6. The Bertz CT molecular complexity index is 1110. The highest BCUT2D eigenvalue weighted by atomic mass is 16.5. The Morgan fingerprint density at radius 3 is 2.59 bits per heavy atom. The van der Waals surface area contributed by atoms with E-state index in [1.807, 2.05) is 6.07 Å². The van der Waals surface area contributed by atoms with Crippen LogP contribution in [0.4, 0.5) is 0 Å². The van der Waals surface area contributed by atoms with Crippen LogP contribution >= 0.6 is 0 Å². The highest BCUT2D eigenvalue weighted by molar-refractivity contribution is 6.01. The van der Waals surface area contributed by atoms with E-state index in [0.29, 0.717) is 11.5 Å². The summed E-state index contributed by atoms with van der Waals surface area (Å²) in [6, 6.07) is 6.94. The fourth-order valence-electron chi connectivity index (χ4n) is 4.51. The van der Waals surface area contributed by atoms with Crippen molar-refractivity contribution < 1.29 is 23.9 Å². The number of aromatic nitrogens is 2. The first kappa shape index (κ1) is 23.6. The molecule has 3 amide bonds. The minimum atomic E-state index is -1.09. The van der Waals surface area contributed by atoms with Gasteiger partial charge in [-0.25, -0.2) is 0 Å². The SMILES string of the molecule is COc1ccc(CNC(=O)c2cc3n(n2)C[C@@](C)(C(=O)NC2CCCC2)N(C)C3=O)c(OC)c1. The molecule has 2 N–H and O–H groups in total. The molecule has 2 heterocycles. The summed E-state index contributed by atoms with van der Waals surface area (Å²) in [5, 5.41) is 10.3. The van der Waals surface area contributed by atoms with E-state index in [1.54, 1.807) is 40.3 Å². The second-order valence-corrected chi connectivity index (χ2v) is 9.03. The standard InChI is InChI=1S/C24H31N5O5/c1-24(23(32)26-16-7-5-6-8-16)14-29-19(22(31)28(24)2)12-18(27-29)21(30)25-13-15-9-10-17(33-3)11-20(15)34-4/h9-12,16H,5-8,13-14H2,1-4H3,(H,25,30)(H,26,32)/t24-/m0/s1. The average Bonchev–Trinajstić information content (AvgIpc) is 3.51. The molecule has 1 saturated carbocycles. The van der Waals surface area contributed by atoms with E-state index in [2.05, 4.69) is 15.7 Å². The Labute approximate surface area is 198 Å². The van der Waals surface area contributed by atoms with E-state index < -0.39 is 11.4 Å². The molecule has 182 valence electrons. The Balaban J connectivity index is 1.48. The summed E-state index contributed by atoms with van der Waals surface area (Å²) in [6.07, 6.45) is 4.10. The number of hydrogen-bond donors (Lipinski definition) is 2. The van der Waals surface area contributed by atoms with Gasteiger partial charge in [0.1, 0.15) is 22.7 Å². The van der Waals surface area contributed by atoms with Crippen molar-refractivity contribution in [1.29, 1.82) is 0 Å². The molecule has 1 atom stereocenters. The molecule has 2 aromatic rings. The first-order chi connectivity index (χ1) is 16.3. The Morgan fingerprint density at radius 2 is 1.91 bits per heavy atom. The number of benzene rings is 1. The van der Waals surface area contributed by atoms with Crippen LogP contribution in [0.25, 0.3) is 0 Å². The predicted molar refractivity (Wildman–Crippen MR) is 124 cm³/mol. The predicted octanol–water partition coefficient (Wildman–Crippen LogP) is 1.73. The highest BCUT2D eigenvalue weighted by Crippen LogP contribution is 2.28. The van der Waals surface area contributed by atoms with Crippen LogP contribution in [-0.2, 0) is 17.9 Å².